The molecule has 0 saturated carbocycles. The van der Waals surface area contributed by atoms with Gasteiger partial charge >= 0.3 is 0 Å². The number of alkyl halides is 1. The highest BCUT2D eigenvalue weighted by Gasteiger charge is 2.24. The normalized spacial score (nSPS) is 20.5. The van der Waals surface area contributed by atoms with Gasteiger partial charge < -0.3 is 9.80 Å². The van der Waals surface area contributed by atoms with Gasteiger partial charge in [-0.1, -0.05) is 34.1 Å². The van der Waals surface area contributed by atoms with E-state index in [0.717, 1.165) is 36.1 Å². The Labute approximate surface area is 138 Å². The predicted molar refractivity (Wildman–Crippen MR) is 91.3 cm³/mol. The van der Waals surface area contributed by atoms with Gasteiger partial charge in [0.1, 0.15) is 0 Å². The topological polar surface area (TPSA) is 60.9 Å². The molecular weight excluding hydrogens is 368 g/mol. The molecule has 2 aromatic rings. The van der Waals surface area contributed by atoms with Crippen molar-refractivity contribution in [2.45, 2.75) is 9.85 Å². The minimum Gasteiger partial charge on any atom is -0.356 e. The van der Waals surface area contributed by atoms with Gasteiger partial charge in [0.15, 0.2) is 0 Å². The lowest BCUT2D eigenvalue weighted by Gasteiger charge is -2.39. The van der Waals surface area contributed by atoms with Crippen LogP contribution >= 0.6 is 15.9 Å². The van der Waals surface area contributed by atoms with Gasteiger partial charge in [0.2, 0.25) is 0 Å². The third-order valence-electron chi connectivity index (χ3n) is 3.96. The van der Waals surface area contributed by atoms with Crippen LogP contribution in [0.5, 0.6) is 0 Å². The third-order valence-corrected chi connectivity index (χ3v) is 5.59. The number of rotatable bonds is 2. The average Bonchev–Trinajstić information content (AvgIpc) is 2.45. The summed E-state index contributed by atoms with van der Waals surface area (Å²) in [6, 6.07) is 10.5. The first-order valence-corrected chi connectivity index (χ1v) is 9.31. The summed E-state index contributed by atoms with van der Waals surface area (Å²) in [7, 11) is -2.09. The van der Waals surface area contributed by atoms with Crippen LogP contribution in [-0.4, -0.2) is 49.5 Å². The molecule has 7 heteroatoms. The van der Waals surface area contributed by atoms with Crippen molar-refractivity contribution in [3.63, 3.8) is 0 Å². The van der Waals surface area contributed by atoms with E-state index < -0.39 is 10.1 Å². The molecule has 0 bridgehead atoms. The van der Waals surface area contributed by atoms with Crippen LogP contribution in [0.1, 0.15) is 0 Å². The van der Waals surface area contributed by atoms with Gasteiger partial charge in [-0.3, -0.25) is 4.55 Å². The molecule has 1 heterocycles. The first-order valence-electron chi connectivity index (χ1n) is 6.96. The van der Waals surface area contributed by atoms with E-state index in [4.69, 9.17) is 0 Å². The van der Waals surface area contributed by atoms with E-state index in [1.165, 1.54) is 12.1 Å². The van der Waals surface area contributed by atoms with Crippen LogP contribution in [0.3, 0.4) is 0 Å². The predicted octanol–water partition coefficient (Wildman–Crippen LogP) is 2.56. The Balaban J connectivity index is 2.08. The van der Waals surface area contributed by atoms with Crippen molar-refractivity contribution in [3.8, 4) is 0 Å². The Morgan fingerprint density at radius 2 is 2.00 bits per heavy atom. The first kappa shape index (κ1) is 15.7. The van der Waals surface area contributed by atoms with Crippen molar-refractivity contribution in [2.75, 3.05) is 31.6 Å². The summed E-state index contributed by atoms with van der Waals surface area (Å²) in [4.78, 5) is 4.66. The molecule has 118 valence electrons. The third kappa shape index (κ3) is 2.99. The number of hydrogen-bond donors (Lipinski definition) is 1. The zero-order chi connectivity index (χ0) is 15.9. The molecule has 0 aliphatic carbocycles. The fourth-order valence-corrected chi connectivity index (χ4v) is 4.23. The maximum absolute atomic E-state index is 11.3. The second-order valence-electron chi connectivity index (χ2n) is 5.53. The molecule has 1 fully saturated rings. The van der Waals surface area contributed by atoms with E-state index in [2.05, 4.69) is 32.8 Å². The standard InChI is InChI=1S/C15H17BrN2O3S/c1-17-7-8-18(15(16)10-17)14-4-2-3-11-9-12(22(19,20)21)5-6-13(11)14/h2-6,9,15H,7-8,10H2,1H3,(H,19,20,21). The van der Waals surface area contributed by atoms with E-state index in [1.54, 1.807) is 6.07 Å². The number of hydrogen-bond acceptors (Lipinski definition) is 4. The van der Waals surface area contributed by atoms with Crippen LogP contribution in [0.4, 0.5) is 5.69 Å². The molecule has 1 aliphatic rings. The molecule has 1 unspecified atom stereocenters. The smallest absolute Gasteiger partial charge is 0.294 e. The van der Waals surface area contributed by atoms with Crippen molar-refractivity contribution in [3.05, 3.63) is 36.4 Å². The van der Waals surface area contributed by atoms with E-state index >= 15 is 0 Å². The molecule has 3 rings (SSSR count). The van der Waals surface area contributed by atoms with Crippen LogP contribution in [0, 0.1) is 0 Å². The molecule has 1 saturated heterocycles. The number of nitrogens with zero attached hydrogens (tertiary/aromatic N) is 2. The second kappa shape index (κ2) is 5.81. The van der Waals surface area contributed by atoms with Gasteiger partial charge in [-0.05, 0) is 30.6 Å². The summed E-state index contributed by atoms with van der Waals surface area (Å²) in [6.07, 6.45) is 0. The molecule has 22 heavy (non-hydrogen) atoms. The van der Waals surface area contributed by atoms with Crippen molar-refractivity contribution < 1.29 is 13.0 Å². The van der Waals surface area contributed by atoms with Crippen LogP contribution in [0.25, 0.3) is 10.8 Å². The maximum Gasteiger partial charge on any atom is 0.294 e. The summed E-state index contributed by atoms with van der Waals surface area (Å²) in [5.41, 5.74) is 1.06. The Morgan fingerprint density at radius 1 is 1.23 bits per heavy atom. The molecule has 0 aromatic heterocycles. The van der Waals surface area contributed by atoms with Crippen molar-refractivity contribution in [2.24, 2.45) is 0 Å². The van der Waals surface area contributed by atoms with Gasteiger partial charge in [0.05, 0.1) is 9.85 Å². The largest absolute Gasteiger partial charge is 0.356 e. The molecule has 1 aliphatic heterocycles. The van der Waals surface area contributed by atoms with Gasteiger partial charge in [0.25, 0.3) is 10.1 Å². The van der Waals surface area contributed by atoms with E-state index in [1.807, 2.05) is 18.2 Å². The van der Waals surface area contributed by atoms with Crippen molar-refractivity contribution in [1.82, 2.24) is 4.90 Å². The maximum atomic E-state index is 11.3. The van der Waals surface area contributed by atoms with Crippen LogP contribution < -0.4 is 4.90 Å². The average molecular weight is 385 g/mol. The van der Waals surface area contributed by atoms with Gasteiger partial charge in [-0.25, -0.2) is 0 Å². The van der Waals surface area contributed by atoms with Crippen molar-refractivity contribution >= 4 is 42.5 Å². The summed E-state index contributed by atoms with van der Waals surface area (Å²) in [5, 5.41) is 1.77. The highest BCUT2D eigenvalue weighted by Crippen LogP contribution is 2.32. The molecule has 5 nitrogen and oxygen atoms in total. The summed E-state index contributed by atoms with van der Waals surface area (Å²) in [6.45, 7) is 2.78. The highest BCUT2D eigenvalue weighted by molar-refractivity contribution is 9.09. The fourth-order valence-electron chi connectivity index (χ4n) is 2.79. The highest BCUT2D eigenvalue weighted by atomic mass is 79.9. The molecule has 0 spiro atoms. The lowest BCUT2D eigenvalue weighted by atomic mass is 10.1. The monoisotopic (exact) mass is 384 g/mol. The Morgan fingerprint density at radius 3 is 2.68 bits per heavy atom. The minimum atomic E-state index is -4.18. The van der Waals surface area contributed by atoms with Crippen LogP contribution in [-0.2, 0) is 10.1 Å². The summed E-state index contributed by atoms with van der Waals surface area (Å²) >= 11 is 3.71. The van der Waals surface area contributed by atoms with E-state index in [-0.39, 0.29) is 9.85 Å². The fraction of sp³-hybridized carbons (Fsp3) is 0.333. The Hall–Kier alpha value is -1.15. The van der Waals surface area contributed by atoms with Gasteiger partial charge in [-0.2, -0.15) is 8.42 Å². The van der Waals surface area contributed by atoms with Crippen LogP contribution in [0.15, 0.2) is 41.3 Å². The van der Waals surface area contributed by atoms with Crippen molar-refractivity contribution in [1.29, 1.82) is 0 Å². The van der Waals surface area contributed by atoms with Gasteiger partial charge in [0, 0.05) is 30.7 Å². The number of halogens is 1. The second-order valence-corrected chi connectivity index (χ2v) is 8.00. The summed E-state index contributed by atoms with van der Waals surface area (Å²) < 4.78 is 31.8. The number of benzene rings is 2. The molecular formula is C15H17BrN2O3S. The Bertz CT molecular complexity index is 810. The summed E-state index contributed by atoms with van der Waals surface area (Å²) in [5.74, 6) is 0. The number of fused-ring (bicyclic) bond motifs is 1. The lowest BCUT2D eigenvalue weighted by molar-refractivity contribution is 0.304. The quantitative estimate of drug-likeness (QED) is 0.489. The molecule has 0 amide bonds. The molecule has 0 radical (unpaired) electrons. The lowest BCUT2D eigenvalue weighted by Crippen LogP contribution is -2.49. The van der Waals surface area contributed by atoms with Crippen LogP contribution in [0.2, 0.25) is 0 Å². The van der Waals surface area contributed by atoms with E-state index in [0.29, 0.717) is 0 Å². The molecule has 1 atom stereocenters. The SMILES string of the molecule is CN1CCN(c2cccc3cc(S(=O)(=O)O)ccc23)C(Br)C1. The molecule has 2 aromatic carbocycles. The number of piperazine rings is 1. The zero-order valence-corrected chi connectivity index (χ0v) is 14.5. The van der Waals surface area contributed by atoms with E-state index in [9.17, 15) is 13.0 Å². The molecule has 1 N–H and O–H groups in total. The number of likely N-dealkylation sites (N-methyl/N-ethyl adjacent to an activating group) is 1. The first-order chi connectivity index (χ1) is 10.4. The zero-order valence-electron chi connectivity index (χ0n) is 12.1. The Kier molecular flexibility index (Phi) is 4.15. The number of anilines is 1. The minimum absolute atomic E-state index is 0.0779. The van der Waals surface area contributed by atoms with Gasteiger partial charge in [-0.15, -0.1) is 0 Å².